The smallest absolute Gasteiger partial charge is 0.331 e. The van der Waals surface area contributed by atoms with Crippen molar-refractivity contribution in [1.29, 1.82) is 0 Å². The molecule has 164 valence electrons. The molecule has 1 aliphatic heterocycles. The first kappa shape index (κ1) is 22.0. The van der Waals surface area contributed by atoms with Crippen molar-refractivity contribution in [2.24, 2.45) is 0 Å². The van der Waals surface area contributed by atoms with Crippen molar-refractivity contribution in [3.8, 4) is 23.0 Å². The summed E-state index contributed by atoms with van der Waals surface area (Å²) < 4.78 is 26.7. The molecule has 8 nitrogen and oxygen atoms in total. The summed E-state index contributed by atoms with van der Waals surface area (Å²) >= 11 is 0. The van der Waals surface area contributed by atoms with E-state index in [1.54, 1.807) is 36.4 Å². The van der Waals surface area contributed by atoms with Gasteiger partial charge in [-0.1, -0.05) is 13.0 Å². The van der Waals surface area contributed by atoms with E-state index >= 15 is 0 Å². The summed E-state index contributed by atoms with van der Waals surface area (Å²) in [6.45, 7) is 4.74. The molecule has 2 aromatic carbocycles. The summed E-state index contributed by atoms with van der Waals surface area (Å²) in [5.41, 5.74) is 1.27. The largest absolute Gasteiger partial charge is 0.490 e. The minimum Gasteiger partial charge on any atom is -0.490 e. The molecule has 0 fully saturated rings. The van der Waals surface area contributed by atoms with Crippen LogP contribution in [0, 0.1) is 0 Å². The van der Waals surface area contributed by atoms with Gasteiger partial charge in [0.15, 0.2) is 29.6 Å². The number of ether oxygens (including phenoxy) is 5. The molecule has 3 rings (SSSR count). The van der Waals surface area contributed by atoms with Crippen molar-refractivity contribution in [3.05, 3.63) is 48.0 Å². The average molecular weight is 427 g/mol. The van der Waals surface area contributed by atoms with Crippen molar-refractivity contribution in [1.82, 2.24) is 0 Å². The van der Waals surface area contributed by atoms with Gasteiger partial charge < -0.3 is 29.0 Å². The van der Waals surface area contributed by atoms with Crippen LogP contribution in [0.25, 0.3) is 6.08 Å². The van der Waals surface area contributed by atoms with E-state index in [1.165, 1.54) is 6.08 Å². The molecule has 1 heterocycles. The van der Waals surface area contributed by atoms with Gasteiger partial charge >= 0.3 is 5.97 Å². The minimum atomic E-state index is -0.634. The topological polar surface area (TPSA) is 92.3 Å². The van der Waals surface area contributed by atoms with Gasteiger partial charge in [0.25, 0.3) is 5.91 Å². The normalized spacial score (nSPS) is 11.9. The highest BCUT2D eigenvalue weighted by Crippen LogP contribution is 2.34. The van der Waals surface area contributed by atoms with Gasteiger partial charge in [-0.2, -0.15) is 0 Å². The Balaban J connectivity index is 1.50. The highest BCUT2D eigenvalue weighted by molar-refractivity contribution is 5.94. The van der Waals surface area contributed by atoms with Crippen LogP contribution in [0.15, 0.2) is 42.5 Å². The zero-order valence-electron chi connectivity index (χ0n) is 17.5. The lowest BCUT2D eigenvalue weighted by Crippen LogP contribution is -2.20. The first-order valence-electron chi connectivity index (χ1n) is 10.0. The highest BCUT2D eigenvalue weighted by Gasteiger charge is 2.14. The standard InChI is InChI=1S/C23H25NO7/c1-3-11-28-18-8-5-16(12-20(18)27-4-2)6-10-23(26)29-14-22(25)24-17-7-9-19-21(13-17)31-15-30-19/h5-10,12-13H,3-4,11,14-15H2,1-2H3,(H,24,25)/b10-6+. The molecule has 1 aliphatic rings. The van der Waals surface area contributed by atoms with Gasteiger partial charge in [-0.05, 0) is 49.2 Å². The zero-order chi connectivity index (χ0) is 22.1. The monoisotopic (exact) mass is 427 g/mol. The summed E-state index contributed by atoms with van der Waals surface area (Å²) in [6, 6.07) is 10.4. The number of amides is 1. The van der Waals surface area contributed by atoms with Gasteiger partial charge in [0.1, 0.15) is 0 Å². The minimum absolute atomic E-state index is 0.150. The third-order valence-corrected chi connectivity index (χ3v) is 4.14. The molecule has 1 N–H and O–H groups in total. The number of fused-ring (bicyclic) bond motifs is 1. The van der Waals surface area contributed by atoms with Crippen LogP contribution >= 0.6 is 0 Å². The third-order valence-electron chi connectivity index (χ3n) is 4.14. The molecular weight excluding hydrogens is 402 g/mol. The Morgan fingerprint density at radius 2 is 1.87 bits per heavy atom. The zero-order valence-corrected chi connectivity index (χ0v) is 17.5. The van der Waals surface area contributed by atoms with Crippen LogP contribution in [0.2, 0.25) is 0 Å². The Hall–Kier alpha value is -3.68. The van der Waals surface area contributed by atoms with Crippen LogP contribution in [0.1, 0.15) is 25.8 Å². The fourth-order valence-electron chi connectivity index (χ4n) is 2.75. The second-order valence-corrected chi connectivity index (χ2v) is 6.54. The molecule has 0 atom stereocenters. The molecule has 0 aromatic heterocycles. The molecule has 0 aliphatic carbocycles. The summed E-state index contributed by atoms with van der Waals surface area (Å²) in [5, 5.41) is 2.64. The van der Waals surface area contributed by atoms with Gasteiger partial charge in [0.2, 0.25) is 6.79 Å². The third kappa shape index (κ3) is 6.40. The number of hydrogen-bond acceptors (Lipinski definition) is 7. The molecule has 31 heavy (non-hydrogen) atoms. The number of esters is 1. The molecule has 2 aromatic rings. The maximum atomic E-state index is 12.0. The molecular formula is C23H25NO7. The second-order valence-electron chi connectivity index (χ2n) is 6.54. The Morgan fingerprint density at radius 3 is 2.68 bits per heavy atom. The lowest BCUT2D eigenvalue weighted by Gasteiger charge is -2.12. The highest BCUT2D eigenvalue weighted by atomic mass is 16.7. The van der Waals surface area contributed by atoms with Gasteiger partial charge in [-0.25, -0.2) is 4.79 Å². The molecule has 0 unspecified atom stereocenters. The summed E-state index contributed by atoms with van der Waals surface area (Å²) in [6.07, 6.45) is 3.73. The molecule has 0 saturated carbocycles. The fraction of sp³-hybridized carbons (Fsp3) is 0.304. The van der Waals surface area contributed by atoms with E-state index in [2.05, 4.69) is 5.32 Å². The van der Waals surface area contributed by atoms with E-state index in [-0.39, 0.29) is 6.79 Å². The van der Waals surface area contributed by atoms with E-state index < -0.39 is 18.5 Å². The van der Waals surface area contributed by atoms with Crippen molar-refractivity contribution >= 4 is 23.6 Å². The Morgan fingerprint density at radius 1 is 1.03 bits per heavy atom. The predicted octanol–water partition coefficient (Wildman–Crippen LogP) is 3.80. The van der Waals surface area contributed by atoms with Crippen molar-refractivity contribution in [2.45, 2.75) is 20.3 Å². The van der Waals surface area contributed by atoms with Crippen molar-refractivity contribution < 1.29 is 33.3 Å². The Bertz CT molecular complexity index is 955. The first-order valence-corrected chi connectivity index (χ1v) is 10.0. The van der Waals surface area contributed by atoms with Crippen molar-refractivity contribution in [3.63, 3.8) is 0 Å². The predicted molar refractivity (Wildman–Crippen MR) is 115 cm³/mol. The molecule has 0 saturated heterocycles. The summed E-state index contributed by atoms with van der Waals surface area (Å²) in [4.78, 5) is 24.0. The molecule has 1 amide bonds. The van der Waals surface area contributed by atoms with E-state index in [1.807, 2.05) is 19.9 Å². The van der Waals surface area contributed by atoms with Crippen LogP contribution in [0.4, 0.5) is 5.69 Å². The number of nitrogens with one attached hydrogen (secondary N) is 1. The van der Waals surface area contributed by atoms with E-state index in [9.17, 15) is 9.59 Å². The van der Waals surface area contributed by atoms with Gasteiger partial charge in [0.05, 0.1) is 13.2 Å². The van der Waals surface area contributed by atoms with Crippen molar-refractivity contribution in [2.75, 3.05) is 31.9 Å². The van der Waals surface area contributed by atoms with Crippen LogP contribution in [0.5, 0.6) is 23.0 Å². The fourth-order valence-corrected chi connectivity index (χ4v) is 2.75. The first-order chi connectivity index (χ1) is 15.1. The number of anilines is 1. The van der Waals surface area contributed by atoms with Crippen LogP contribution in [-0.4, -0.2) is 38.5 Å². The number of benzene rings is 2. The molecule has 0 spiro atoms. The Labute approximate surface area is 180 Å². The number of carbonyl (C=O) groups excluding carboxylic acids is 2. The van der Waals surface area contributed by atoms with Crippen LogP contribution in [-0.2, 0) is 14.3 Å². The molecule has 8 heteroatoms. The van der Waals surface area contributed by atoms with E-state index in [0.717, 1.165) is 12.0 Å². The quantitative estimate of drug-likeness (QED) is 0.455. The van der Waals surface area contributed by atoms with Gasteiger partial charge in [0, 0.05) is 17.8 Å². The maximum absolute atomic E-state index is 12.0. The number of carbonyl (C=O) groups is 2. The lowest BCUT2D eigenvalue weighted by molar-refractivity contribution is -0.142. The lowest BCUT2D eigenvalue weighted by atomic mass is 10.2. The Kier molecular flexibility index (Phi) is 7.75. The number of hydrogen-bond donors (Lipinski definition) is 1. The molecule has 0 radical (unpaired) electrons. The summed E-state index contributed by atoms with van der Waals surface area (Å²) in [7, 11) is 0. The van der Waals surface area contributed by atoms with Crippen LogP contribution < -0.4 is 24.3 Å². The SMILES string of the molecule is CCCOc1ccc(/C=C/C(=O)OCC(=O)Nc2ccc3c(c2)OCO3)cc1OCC. The average Bonchev–Trinajstić information content (AvgIpc) is 3.24. The molecule has 0 bridgehead atoms. The van der Waals surface area contributed by atoms with Crippen LogP contribution in [0.3, 0.4) is 0 Å². The second kappa shape index (κ2) is 10.9. The van der Waals surface area contributed by atoms with Gasteiger partial charge in [-0.15, -0.1) is 0 Å². The maximum Gasteiger partial charge on any atom is 0.331 e. The summed E-state index contributed by atoms with van der Waals surface area (Å²) in [5.74, 6) is 1.34. The van der Waals surface area contributed by atoms with E-state index in [0.29, 0.717) is 41.9 Å². The number of rotatable bonds is 10. The van der Waals surface area contributed by atoms with Gasteiger partial charge in [-0.3, -0.25) is 4.79 Å². The van der Waals surface area contributed by atoms with E-state index in [4.69, 9.17) is 23.7 Å².